The van der Waals surface area contributed by atoms with E-state index in [9.17, 15) is 14.4 Å². The summed E-state index contributed by atoms with van der Waals surface area (Å²) in [7, 11) is 2.18. The molecule has 3 heterocycles. The second kappa shape index (κ2) is 11.9. The molecule has 1 saturated heterocycles. The van der Waals surface area contributed by atoms with E-state index in [1.165, 1.54) is 16.2 Å². The average molecular weight is 554 g/mol. The summed E-state index contributed by atoms with van der Waals surface area (Å²) in [6, 6.07) is 11.9. The minimum absolute atomic E-state index is 0.0273. The monoisotopic (exact) mass is 553 g/mol. The number of quaternary nitrogens is 1. The van der Waals surface area contributed by atoms with E-state index >= 15 is 0 Å². The number of amides is 1. The quantitative estimate of drug-likeness (QED) is 0.434. The lowest BCUT2D eigenvalue weighted by molar-refractivity contribution is -0.884. The number of thiophene rings is 1. The number of rotatable bonds is 7. The Labute approximate surface area is 232 Å². The highest BCUT2D eigenvalue weighted by Gasteiger charge is 2.38. The largest absolute Gasteiger partial charge is 0.519 e. The maximum atomic E-state index is 14.2. The highest BCUT2D eigenvalue weighted by Crippen LogP contribution is 2.41. The Balaban J connectivity index is 1.52. The number of carbonyl (C=O) groups is 2. The van der Waals surface area contributed by atoms with Gasteiger partial charge in [-0.3, -0.25) is 4.79 Å². The van der Waals surface area contributed by atoms with Crippen LogP contribution in [0.15, 0.2) is 50.0 Å². The minimum Gasteiger partial charge on any atom is -0.453 e. The van der Waals surface area contributed by atoms with Gasteiger partial charge in [0, 0.05) is 29.7 Å². The minimum atomic E-state index is -0.829. The molecule has 208 valence electrons. The van der Waals surface area contributed by atoms with Crippen molar-refractivity contribution in [2.24, 2.45) is 11.8 Å². The molecule has 0 atom stereocenters. The van der Waals surface area contributed by atoms with Crippen molar-refractivity contribution in [2.75, 3.05) is 25.0 Å². The van der Waals surface area contributed by atoms with Crippen LogP contribution in [0.4, 0.5) is 5.69 Å². The first kappa shape index (κ1) is 27.4. The summed E-state index contributed by atoms with van der Waals surface area (Å²) in [6.07, 6.45) is 5.61. The first-order chi connectivity index (χ1) is 18.8. The molecule has 1 aliphatic heterocycles. The zero-order valence-electron chi connectivity index (χ0n) is 22.9. The zero-order valence-corrected chi connectivity index (χ0v) is 23.7. The maximum Gasteiger partial charge on any atom is 0.519 e. The molecule has 5 rings (SSSR count). The molecule has 0 unspecified atom stereocenters. The number of hydrogen-bond donors (Lipinski definition) is 1. The summed E-state index contributed by atoms with van der Waals surface area (Å²) in [4.78, 5) is 44.0. The van der Waals surface area contributed by atoms with Crippen LogP contribution < -0.4 is 15.6 Å². The van der Waals surface area contributed by atoms with E-state index in [4.69, 9.17) is 13.6 Å². The number of likely N-dealkylation sites (tertiary alicyclic amines) is 1. The van der Waals surface area contributed by atoms with Crippen molar-refractivity contribution in [1.29, 1.82) is 0 Å². The van der Waals surface area contributed by atoms with E-state index in [0.29, 0.717) is 16.5 Å². The van der Waals surface area contributed by atoms with E-state index in [2.05, 4.69) is 14.0 Å². The Morgan fingerprint density at radius 1 is 1.05 bits per heavy atom. The fourth-order valence-electron chi connectivity index (χ4n) is 5.71. The van der Waals surface area contributed by atoms with Gasteiger partial charge >= 0.3 is 11.8 Å². The summed E-state index contributed by atoms with van der Waals surface area (Å²) in [6.45, 7) is 5.57. The molecule has 1 N–H and O–H groups in total. The second-order valence-electron chi connectivity index (χ2n) is 11.1. The van der Waals surface area contributed by atoms with E-state index in [1.54, 1.807) is 6.92 Å². The van der Waals surface area contributed by atoms with Crippen molar-refractivity contribution in [2.45, 2.75) is 65.0 Å². The highest BCUT2D eigenvalue weighted by atomic mass is 32.1. The number of esters is 1. The molecule has 1 aliphatic carbocycles. The Bertz CT molecular complexity index is 1340. The molecule has 0 radical (unpaired) electrons. The topological polar surface area (TPSA) is 94.4 Å². The molecule has 2 fully saturated rings. The van der Waals surface area contributed by atoms with Crippen molar-refractivity contribution in [3.63, 3.8) is 0 Å². The normalized spacial score (nSPS) is 23.4. The van der Waals surface area contributed by atoms with Gasteiger partial charge in [0.2, 0.25) is 5.91 Å². The summed E-state index contributed by atoms with van der Waals surface area (Å²) < 4.78 is 15.6. The predicted octanol–water partition coefficient (Wildman–Crippen LogP) is 4.46. The summed E-state index contributed by atoms with van der Waals surface area (Å²) in [5.74, 6) is -0.204. The average Bonchev–Trinajstić information content (AvgIpc) is 3.52. The van der Waals surface area contributed by atoms with Gasteiger partial charge in [0.1, 0.15) is 4.88 Å². The van der Waals surface area contributed by atoms with Crippen LogP contribution in [0, 0.1) is 18.8 Å². The third kappa shape index (κ3) is 6.20. The number of hydrogen-bond acceptors (Lipinski definition) is 7. The molecule has 1 aromatic carbocycles. The van der Waals surface area contributed by atoms with E-state index < -0.39 is 11.8 Å². The number of carbonyl (C=O) groups excluding carboxylic acids is 2. The number of benzene rings is 1. The molecular weight excluding hydrogens is 516 g/mol. The third-order valence-corrected chi connectivity index (χ3v) is 9.32. The zero-order chi connectivity index (χ0) is 27.5. The molecule has 2 aliphatic rings. The van der Waals surface area contributed by atoms with Crippen LogP contribution in [-0.4, -0.2) is 38.1 Å². The Kier molecular flexibility index (Phi) is 8.37. The van der Waals surface area contributed by atoms with Gasteiger partial charge < -0.3 is 23.4 Å². The lowest BCUT2D eigenvalue weighted by Gasteiger charge is -2.38. The van der Waals surface area contributed by atoms with Crippen LogP contribution in [0.2, 0.25) is 0 Å². The van der Waals surface area contributed by atoms with E-state index in [0.717, 1.165) is 62.1 Å². The molecular formula is C30H37N2O6S+. The van der Waals surface area contributed by atoms with Crippen molar-refractivity contribution in [3.8, 4) is 10.4 Å². The van der Waals surface area contributed by atoms with Crippen molar-refractivity contribution >= 4 is 28.9 Å². The Hall–Kier alpha value is -3.17. The number of anilines is 1. The highest BCUT2D eigenvalue weighted by molar-refractivity contribution is 7.18. The van der Waals surface area contributed by atoms with Gasteiger partial charge in [-0.25, -0.2) is 9.59 Å². The fourth-order valence-corrected chi connectivity index (χ4v) is 6.76. The van der Waals surface area contributed by atoms with E-state index in [1.807, 2.05) is 41.3 Å². The lowest BCUT2D eigenvalue weighted by atomic mass is 9.82. The SMILES string of the molecule is Cc1oc(=O)oc1COC(=O)c1sc(-c2ccccc2)cc1N(C(=O)C1CCC(C)CC1)C1CC[NH+](C)CC1. The standard InChI is InChI=1S/C30H36N2O6S/c1-19-9-11-22(12-10-19)28(33)32(23-13-15-31(3)16-14-23)24-17-26(21-7-5-4-6-8-21)39-27(24)29(34)36-18-25-20(2)37-30(35)38-25/h4-8,17,19,22-23H,9-16,18H2,1-3H3/p+1. The number of nitrogens with zero attached hydrogens (tertiary/aromatic N) is 1. The van der Waals surface area contributed by atoms with Gasteiger partial charge in [-0.2, -0.15) is 0 Å². The van der Waals surface area contributed by atoms with E-state index in [-0.39, 0.29) is 36.0 Å². The van der Waals surface area contributed by atoms with Crippen LogP contribution >= 0.6 is 11.3 Å². The molecule has 0 spiro atoms. The number of aryl methyl sites for hydroxylation is 1. The van der Waals surface area contributed by atoms with Gasteiger partial charge in [0.25, 0.3) is 0 Å². The van der Waals surface area contributed by atoms with Crippen LogP contribution in [-0.2, 0) is 16.1 Å². The Morgan fingerprint density at radius 3 is 2.38 bits per heavy atom. The molecule has 0 bridgehead atoms. The smallest absolute Gasteiger partial charge is 0.453 e. The van der Waals surface area contributed by atoms with Gasteiger partial charge in [-0.15, -0.1) is 11.3 Å². The maximum absolute atomic E-state index is 14.2. The molecule has 2 aromatic heterocycles. The third-order valence-electron chi connectivity index (χ3n) is 8.16. The number of piperidine rings is 1. The summed E-state index contributed by atoms with van der Waals surface area (Å²) >= 11 is 1.33. The molecule has 1 saturated carbocycles. The summed E-state index contributed by atoms with van der Waals surface area (Å²) in [5, 5.41) is 0. The molecule has 39 heavy (non-hydrogen) atoms. The number of ether oxygens (including phenoxy) is 1. The lowest BCUT2D eigenvalue weighted by Crippen LogP contribution is -3.10. The second-order valence-corrected chi connectivity index (χ2v) is 12.1. The van der Waals surface area contributed by atoms with Gasteiger partial charge in [0.05, 0.1) is 25.8 Å². The van der Waals surface area contributed by atoms with Crippen molar-refractivity contribution < 1.29 is 28.1 Å². The molecule has 8 nitrogen and oxygen atoms in total. The number of nitrogens with one attached hydrogen (secondary N) is 1. The van der Waals surface area contributed by atoms with Gasteiger partial charge in [-0.05, 0) is 50.2 Å². The van der Waals surface area contributed by atoms with Gasteiger partial charge in [0.15, 0.2) is 18.1 Å². The predicted molar refractivity (Wildman–Crippen MR) is 149 cm³/mol. The first-order valence-corrected chi connectivity index (χ1v) is 14.7. The van der Waals surface area contributed by atoms with Crippen molar-refractivity contribution in [3.05, 3.63) is 63.4 Å². The molecule has 3 aromatic rings. The van der Waals surface area contributed by atoms with Crippen molar-refractivity contribution in [1.82, 2.24) is 0 Å². The molecule has 9 heteroatoms. The van der Waals surface area contributed by atoms with Gasteiger partial charge in [-0.1, -0.05) is 37.3 Å². The van der Waals surface area contributed by atoms with Crippen LogP contribution in [0.3, 0.4) is 0 Å². The van der Waals surface area contributed by atoms with Crippen LogP contribution in [0.5, 0.6) is 0 Å². The van der Waals surface area contributed by atoms with Crippen LogP contribution in [0.1, 0.15) is 66.6 Å². The Morgan fingerprint density at radius 2 is 1.74 bits per heavy atom. The molecule has 1 amide bonds. The van der Waals surface area contributed by atoms with Crippen LogP contribution in [0.25, 0.3) is 10.4 Å². The summed E-state index contributed by atoms with van der Waals surface area (Å²) in [5.41, 5.74) is 1.61. The first-order valence-electron chi connectivity index (χ1n) is 13.9. The fraction of sp³-hybridized carbons (Fsp3) is 0.500.